The van der Waals surface area contributed by atoms with Crippen LogP contribution in [0.25, 0.3) is 0 Å². The molecule has 3 heteroatoms. The van der Waals surface area contributed by atoms with Gasteiger partial charge in [0.2, 0.25) is 5.91 Å². The molecule has 1 unspecified atom stereocenters. The zero-order valence-corrected chi connectivity index (χ0v) is 10.9. The molecule has 0 aromatic heterocycles. The number of hydrogen-bond donors (Lipinski definition) is 2. The van der Waals surface area contributed by atoms with Crippen molar-refractivity contribution in [3.63, 3.8) is 0 Å². The van der Waals surface area contributed by atoms with Crippen LogP contribution >= 0.6 is 0 Å². The first-order valence-corrected chi connectivity index (χ1v) is 6.27. The van der Waals surface area contributed by atoms with Gasteiger partial charge in [-0.3, -0.25) is 4.79 Å². The van der Waals surface area contributed by atoms with Gasteiger partial charge in [-0.2, -0.15) is 0 Å². The molecule has 94 valence electrons. The van der Waals surface area contributed by atoms with Gasteiger partial charge in [0, 0.05) is 18.2 Å². The zero-order chi connectivity index (χ0) is 12.7. The minimum Gasteiger partial charge on any atom is -0.326 e. The van der Waals surface area contributed by atoms with E-state index >= 15 is 0 Å². The van der Waals surface area contributed by atoms with Crippen LogP contribution in [0.2, 0.25) is 0 Å². The van der Waals surface area contributed by atoms with Crippen molar-refractivity contribution in [1.29, 1.82) is 0 Å². The molecule has 0 aliphatic heterocycles. The molecule has 0 aliphatic rings. The molecule has 1 aromatic carbocycles. The lowest BCUT2D eigenvalue weighted by Crippen LogP contribution is -2.30. The number of amides is 1. The van der Waals surface area contributed by atoms with Crippen LogP contribution in [0.5, 0.6) is 0 Å². The Kier molecular flexibility index (Phi) is 5.70. The summed E-state index contributed by atoms with van der Waals surface area (Å²) in [5.41, 5.74) is 2.15. The number of anilines is 1. The Morgan fingerprint density at radius 2 is 1.88 bits per heavy atom. The highest BCUT2D eigenvalue weighted by molar-refractivity contribution is 5.92. The van der Waals surface area contributed by atoms with Gasteiger partial charge in [-0.1, -0.05) is 32.9 Å². The molecule has 2 N–H and O–H groups in total. The van der Waals surface area contributed by atoms with Crippen LogP contribution in [0, 0.1) is 5.92 Å². The molecule has 1 aromatic rings. The maximum absolute atomic E-state index is 11.8. The molecular formula is C14H22N2O. The minimum atomic E-state index is -0.0131. The lowest BCUT2D eigenvalue weighted by Gasteiger charge is -2.12. The Balaban J connectivity index is 2.49. The van der Waals surface area contributed by atoms with Gasteiger partial charge in [0.25, 0.3) is 0 Å². The maximum atomic E-state index is 11.8. The molecule has 17 heavy (non-hydrogen) atoms. The molecule has 1 rings (SSSR count). The third kappa shape index (κ3) is 4.57. The average Bonchev–Trinajstić information content (AvgIpc) is 2.36. The predicted octanol–water partition coefficient (Wildman–Crippen LogP) is 2.43. The summed E-state index contributed by atoms with van der Waals surface area (Å²) in [7, 11) is 0. The van der Waals surface area contributed by atoms with Crippen LogP contribution in [0.1, 0.15) is 26.3 Å². The summed E-state index contributed by atoms with van der Waals surface area (Å²) in [6.07, 6.45) is 1.02. The Labute approximate surface area is 104 Å². The van der Waals surface area contributed by atoms with Gasteiger partial charge < -0.3 is 10.6 Å². The van der Waals surface area contributed by atoms with Gasteiger partial charge in [0.05, 0.1) is 0 Å². The molecule has 0 saturated carbocycles. The Morgan fingerprint density at radius 3 is 2.41 bits per heavy atom. The smallest absolute Gasteiger partial charge is 0.228 e. The second-order valence-electron chi connectivity index (χ2n) is 4.25. The fraction of sp³-hybridized carbons (Fsp3) is 0.500. The molecule has 1 amide bonds. The fourth-order valence-electron chi connectivity index (χ4n) is 1.54. The van der Waals surface area contributed by atoms with Crippen LogP contribution in [0.4, 0.5) is 5.69 Å². The molecule has 1 atom stereocenters. The van der Waals surface area contributed by atoms with E-state index in [9.17, 15) is 4.79 Å². The van der Waals surface area contributed by atoms with E-state index in [-0.39, 0.29) is 11.8 Å². The number of carbonyl (C=O) groups excluding carboxylic acids is 1. The molecule has 0 bridgehead atoms. The average molecular weight is 234 g/mol. The van der Waals surface area contributed by atoms with Gasteiger partial charge in [-0.15, -0.1) is 0 Å². The second-order valence-corrected chi connectivity index (χ2v) is 4.25. The third-order valence-corrected chi connectivity index (χ3v) is 2.78. The first kappa shape index (κ1) is 13.7. The first-order valence-electron chi connectivity index (χ1n) is 6.27. The number of benzene rings is 1. The summed E-state index contributed by atoms with van der Waals surface area (Å²) in [5, 5.41) is 6.10. The monoisotopic (exact) mass is 234 g/mol. The van der Waals surface area contributed by atoms with Crippen LogP contribution in [-0.4, -0.2) is 19.0 Å². The van der Waals surface area contributed by atoms with Crippen molar-refractivity contribution in [2.75, 3.05) is 18.4 Å². The summed E-state index contributed by atoms with van der Waals surface area (Å²) in [4.78, 5) is 11.8. The standard InChI is InChI=1S/C14H22N2O/c1-4-12-6-8-13(9-7-12)16-14(17)11(3)10-15-5-2/h6-9,11,15H,4-5,10H2,1-3H3,(H,16,17). The topological polar surface area (TPSA) is 41.1 Å². The Hall–Kier alpha value is -1.35. The molecule has 0 radical (unpaired) electrons. The van der Waals surface area contributed by atoms with Crippen LogP contribution < -0.4 is 10.6 Å². The van der Waals surface area contributed by atoms with E-state index in [4.69, 9.17) is 0 Å². The summed E-state index contributed by atoms with van der Waals surface area (Å²) in [5.74, 6) is 0.0519. The van der Waals surface area contributed by atoms with Crippen molar-refractivity contribution in [3.05, 3.63) is 29.8 Å². The normalized spacial score (nSPS) is 12.2. The molecular weight excluding hydrogens is 212 g/mol. The van der Waals surface area contributed by atoms with E-state index in [1.54, 1.807) is 0 Å². The lowest BCUT2D eigenvalue weighted by atomic mass is 10.1. The second kappa shape index (κ2) is 7.07. The largest absolute Gasteiger partial charge is 0.326 e. The van der Waals surface area contributed by atoms with Crippen LogP contribution in [0.15, 0.2) is 24.3 Å². The Bertz CT molecular complexity index is 346. The van der Waals surface area contributed by atoms with Gasteiger partial charge >= 0.3 is 0 Å². The number of aryl methyl sites for hydroxylation is 1. The van der Waals surface area contributed by atoms with Gasteiger partial charge in [-0.05, 0) is 30.7 Å². The summed E-state index contributed by atoms with van der Waals surface area (Å²) < 4.78 is 0. The summed E-state index contributed by atoms with van der Waals surface area (Å²) in [6, 6.07) is 8.00. The molecule has 0 fully saturated rings. The van der Waals surface area contributed by atoms with E-state index < -0.39 is 0 Å². The highest BCUT2D eigenvalue weighted by atomic mass is 16.1. The third-order valence-electron chi connectivity index (χ3n) is 2.78. The van der Waals surface area contributed by atoms with E-state index in [2.05, 4.69) is 17.6 Å². The van der Waals surface area contributed by atoms with Gasteiger partial charge in [0.1, 0.15) is 0 Å². The highest BCUT2D eigenvalue weighted by Crippen LogP contribution is 2.11. The predicted molar refractivity (Wildman–Crippen MR) is 72.2 cm³/mol. The van der Waals surface area contributed by atoms with Crippen LogP contribution in [-0.2, 0) is 11.2 Å². The van der Waals surface area contributed by atoms with E-state index in [1.807, 2.05) is 38.1 Å². The lowest BCUT2D eigenvalue weighted by molar-refractivity contribution is -0.119. The Morgan fingerprint density at radius 1 is 1.24 bits per heavy atom. The number of carbonyl (C=O) groups is 1. The number of hydrogen-bond acceptors (Lipinski definition) is 2. The first-order chi connectivity index (χ1) is 8.17. The van der Waals surface area contributed by atoms with Crippen molar-refractivity contribution in [3.8, 4) is 0 Å². The van der Waals surface area contributed by atoms with Crippen molar-refractivity contribution in [2.24, 2.45) is 5.92 Å². The van der Waals surface area contributed by atoms with E-state index in [1.165, 1.54) is 5.56 Å². The van der Waals surface area contributed by atoms with Gasteiger partial charge in [-0.25, -0.2) is 0 Å². The van der Waals surface area contributed by atoms with E-state index in [0.29, 0.717) is 0 Å². The number of nitrogens with one attached hydrogen (secondary N) is 2. The highest BCUT2D eigenvalue weighted by Gasteiger charge is 2.11. The molecule has 0 aliphatic carbocycles. The molecule has 0 heterocycles. The molecule has 0 spiro atoms. The SMILES string of the molecule is CCNCC(C)C(=O)Nc1ccc(CC)cc1. The van der Waals surface area contributed by atoms with Crippen LogP contribution in [0.3, 0.4) is 0 Å². The van der Waals surface area contributed by atoms with Crippen molar-refractivity contribution in [1.82, 2.24) is 5.32 Å². The van der Waals surface area contributed by atoms with Crippen molar-refractivity contribution in [2.45, 2.75) is 27.2 Å². The van der Waals surface area contributed by atoms with Crippen molar-refractivity contribution < 1.29 is 4.79 Å². The molecule has 0 saturated heterocycles. The zero-order valence-electron chi connectivity index (χ0n) is 10.9. The fourth-order valence-corrected chi connectivity index (χ4v) is 1.54. The molecule has 3 nitrogen and oxygen atoms in total. The van der Waals surface area contributed by atoms with Gasteiger partial charge in [0.15, 0.2) is 0 Å². The minimum absolute atomic E-state index is 0.0131. The quantitative estimate of drug-likeness (QED) is 0.793. The summed E-state index contributed by atoms with van der Waals surface area (Å²) >= 11 is 0. The maximum Gasteiger partial charge on any atom is 0.228 e. The van der Waals surface area contributed by atoms with E-state index in [0.717, 1.165) is 25.2 Å². The summed E-state index contributed by atoms with van der Waals surface area (Å²) in [6.45, 7) is 7.69. The van der Waals surface area contributed by atoms with Crippen molar-refractivity contribution >= 4 is 11.6 Å². The number of rotatable bonds is 6.